The first-order valence-electron chi connectivity index (χ1n) is 7.12. The molecule has 0 N–H and O–H groups in total. The summed E-state index contributed by atoms with van der Waals surface area (Å²) in [7, 11) is 0. The highest BCUT2D eigenvalue weighted by Crippen LogP contribution is 2.19. The molecular formula is C15H17N3O2S2. The van der Waals surface area contributed by atoms with Crippen LogP contribution < -0.4 is 4.74 Å². The second-order valence-electron chi connectivity index (χ2n) is 5.02. The number of ether oxygens (including phenoxy) is 1. The molecule has 1 aromatic heterocycles. The minimum atomic E-state index is 0.0808. The van der Waals surface area contributed by atoms with E-state index in [2.05, 4.69) is 8.75 Å². The van der Waals surface area contributed by atoms with Crippen molar-refractivity contribution >= 4 is 29.4 Å². The van der Waals surface area contributed by atoms with Crippen LogP contribution in [0.3, 0.4) is 0 Å². The van der Waals surface area contributed by atoms with Crippen LogP contribution in [0.15, 0.2) is 24.3 Å². The maximum Gasteiger partial charge on any atom is 0.254 e. The number of carbonyl (C=O) groups is 1. The van der Waals surface area contributed by atoms with Gasteiger partial charge in [-0.05, 0) is 25.1 Å². The van der Waals surface area contributed by atoms with Crippen molar-refractivity contribution in [2.75, 3.05) is 24.6 Å². The minimum Gasteiger partial charge on any atom is -0.487 e. The van der Waals surface area contributed by atoms with Crippen molar-refractivity contribution in [1.82, 2.24) is 13.6 Å². The van der Waals surface area contributed by atoms with E-state index < -0.39 is 0 Å². The fraction of sp³-hybridized carbons (Fsp3) is 0.400. The molecule has 1 amide bonds. The summed E-state index contributed by atoms with van der Waals surface area (Å²) in [4.78, 5) is 14.4. The van der Waals surface area contributed by atoms with Gasteiger partial charge in [0.15, 0.2) is 0 Å². The van der Waals surface area contributed by atoms with Crippen LogP contribution in [0, 0.1) is 6.92 Å². The zero-order valence-electron chi connectivity index (χ0n) is 12.3. The standard InChI is InChI=1S/C15H17N3O2S2/c1-11-14(17-22-16-11)10-20-13-4-2-3-12(9-13)15(19)18-5-7-21-8-6-18/h2-4,9H,5-8,10H2,1H3. The number of amides is 1. The molecular weight excluding hydrogens is 318 g/mol. The third-order valence-electron chi connectivity index (χ3n) is 3.50. The summed E-state index contributed by atoms with van der Waals surface area (Å²) < 4.78 is 14.1. The van der Waals surface area contributed by atoms with Crippen molar-refractivity contribution in [1.29, 1.82) is 0 Å². The second kappa shape index (κ2) is 7.11. The van der Waals surface area contributed by atoms with E-state index in [9.17, 15) is 4.79 Å². The maximum absolute atomic E-state index is 12.5. The normalized spacial score (nSPS) is 14.9. The van der Waals surface area contributed by atoms with E-state index in [-0.39, 0.29) is 5.91 Å². The van der Waals surface area contributed by atoms with Gasteiger partial charge in [0.05, 0.1) is 17.4 Å². The summed E-state index contributed by atoms with van der Waals surface area (Å²) in [5, 5.41) is 0. The Kier molecular flexibility index (Phi) is 4.94. The molecule has 7 heteroatoms. The van der Waals surface area contributed by atoms with Crippen LogP contribution in [-0.4, -0.2) is 44.1 Å². The van der Waals surface area contributed by atoms with Gasteiger partial charge in [-0.15, -0.1) is 0 Å². The largest absolute Gasteiger partial charge is 0.487 e. The van der Waals surface area contributed by atoms with Gasteiger partial charge in [-0.2, -0.15) is 20.5 Å². The predicted octanol–water partition coefficient (Wildman–Crippen LogP) is 2.61. The highest BCUT2D eigenvalue weighted by atomic mass is 32.2. The molecule has 3 rings (SSSR count). The highest BCUT2D eigenvalue weighted by molar-refractivity contribution is 7.99. The van der Waals surface area contributed by atoms with Crippen molar-refractivity contribution in [2.24, 2.45) is 0 Å². The second-order valence-corrected chi connectivity index (χ2v) is 6.77. The van der Waals surface area contributed by atoms with E-state index >= 15 is 0 Å². The highest BCUT2D eigenvalue weighted by Gasteiger charge is 2.18. The SMILES string of the molecule is Cc1nsnc1COc1cccc(C(=O)N2CCSCC2)c1. The van der Waals surface area contributed by atoms with Crippen molar-refractivity contribution < 1.29 is 9.53 Å². The molecule has 0 atom stereocenters. The van der Waals surface area contributed by atoms with E-state index in [1.54, 1.807) is 6.07 Å². The zero-order chi connectivity index (χ0) is 15.4. The van der Waals surface area contributed by atoms with E-state index in [4.69, 9.17) is 4.74 Å². The molecule has 1 aromatic carbocycles. The van der Waals surface area contributed by atoms with Crippen molar-refractivity contribution in [3.05, 3.63) is 41.2 Å². The molecule has 2 aromatic rings. The van der Waals surface area contributed by atoms with Crippen molar-refractivity contribution in [3.63, 3.8) is 0 Å². The third kappa shape index (κ3) is 3.59. The number of aryl methyl sites for hydroxylation is 1. The monoisotopic (exact) mass is 335 g/mol. The van der Waals surface area contributed by atoms with E-state index in [1.165, 1.54) is 11.7 Å². The number of benzene rings is 1. The summed E-state index contributed by atoms with van der Waals surface area (Å²) in [5.41, 5.74) is 2.41. The first-order chi connectivity index (χ1) is 10.7. The molecule has 0 bridgehead atoms. The molecule has 0 saturated carbocycles. The predicted molar refractivity (Wildman–Crippen MR) is 88.6 cm³/mol. The van der Waals surface area contributed by atoms with Gasteiger partial charge in [-0.1, -0.05) is 6.07 Å². The summed E-state index contributed by atoms with van der Waals surface area (Å²) in [6, 6.07) is 7.36. The molecule has 116 valence electrons. The summed E-state index contributed by atoms with van der Waals surface area (Å²) in [6.45, 7) is 3.92. The van der Waals surface area contributed by atoms with Gasteiger partial charge >= 0.3 is 0 Å². The summed E-state index contributed by atoms with van der Waals surface area (Å²) in [5.74, 6) is 2.79. The molecule has 2 heterocycles. The number of nitrogens with zero attached hydrogens (tertiary/aromatic N) is 3. The fourth-order valence-electron chi connectivity index (χ4n) is 2.20. The molecule has 0 unspecified atom stereocenters. The molecule has 22 heavy (non-hydrogen) atoms. The number of hydrogen-bond donors (Lipinski definition) is 0. The quantitative estimate of drug-likeness (QED) is 0.860. The van der Waals surface area contributed by atoms with E-state index in [0.717, 1.165) is 36.0 Å². The number of thioether (sulfide) groups is 1. The van der Waals surface area contributed by atoms with Gasteiger partial charge < -0.3 is 9.64 Å². The van der Waals surface area contributed by atoms with Gasteiger partial charge in [0.25, 0.3) is 5.91 Å². The zero-order valence-corrected chi connectivity index (χ0v) is 14.0. The number of hydrogen-bond acceptors (Lipinski definition) is 6. The van der Waals surface area contributed by atoms with E-state index in [1.807, 2.05) is 41.8 Å². The molecule has 0 radical (unpaired) electrons. The van der Waals surface area contributed by atoms with Crippen LogP contribution in [0.1, 0.15) is 21.7 Å². The molecule has 0 spiro atoms. The lowest BCUT2D eigenvalue weighted by atomic mass is 10.2. The molecule has 0 aliphatic carbocycles. The lowest BCUT2D eigenvalue weighted by Crippen LogP contribution is -2.37. The van der Waals surface area contributed by atoms with Gasteiger partial charge in [0.2, 0.25) is 0 Å². The fourth-order valence-corrected chi connectivity index (χ4v) is 3.66. The first kappa shape index (κ1) is 15.3. The molecule has 1 aliphatic heterocycles. The third-order valence-corrected chi connectivity index (χ3v) is 5.10. The Morgan fingerprint density at radius 2 is 2.14 bits per heavy atom. The lowest BCUT2D eigenvalue weighted by molar-refractivity contribution is 0.0772. The Morgan fingerprint density at radius 3 is 2.86 bits per heavy atom. The molecule has 1 fully saturated rings. The Hall–Kier alpha value is -1.60. The van der Waals surface area contributed by atoms with Gasteiger partial charge in [0.1, 0.15) is 18.1 Å². The number of rotatable bonds is 4. The number of aromatic nitrogens is 2. The molecule has 5 nitrogen and oxygen atoms in total. The van der Waals surface area contributed by atoms with Gasteiger partial charge in [-0.3, -0.25) is 4.79 Å². The molecule has 1 saturated heterocycles. The van der Waals surface area contributed by atoms with Crippen molar-refractivity contribution in [3.8, 4) is 5.75 Å². The minimum absolute atomic E-state index is 0.0808. The Labute approximate surface area is 138 Å². The Bertz CT molecular complexity index is 654. The van der Waals surface area contributed by atoms with Crippen LogP contribution in [0.25, 0.3) is 0 Å². The average Bonchev–Trinajstić information content (AvgIpc) is 2.98. The number of carbonyl (C=O) groups excluding carboxylic acids is 1. The van der Waals surface area contributed by atoms with Crippen LogP contribution in [0.2, 0.25) is 0 Å². The lowest BCUT2D eigenvalue weighted by Gasteiger charge is -2.26. The summed E-state index contributed by atoms with van der Waals surface area (Å²) >= 11 is 3.08. The topological polar surface area (TPSA) is 55.3 Å². The first-order valence-corrected chi connectivity index (χ1v) is 9.00. The van der Waals surface area contributed by atoms with Crippen LogP contribution in [0.4, 0.5) is 0 Å². The molecule has 1 aliphatic rings. The van der Waals surface area contributed by atoms with Crippen LogP contribution in [0.5, 0.6) is 5.75 Å². The van der Waals surface area contributed by atoms with Crippen LogP contribution >= 0.6 is 23.5 Å². The Balaban J connectivity index is 1.66. The summed E-state index contributed by atoms with van der Waals surface area (Å²) in [6.07, 6.45) is 0. The van der Waals surface area contributed by atoms with E-state index in [0.29, 0.717) is 17.9 Å². The average molecular weight is 335 g/mol. The smallest absolute Gasteiger partial charge is 0.254 e. The van der Waals surface area contributed by atoms with Gasteiger partial charge in [0, 0.05) is 30.2 Å². The van der Waals surface area contributed by atoms with Crippen LogP contribution in [-0.2, 0) is 6.61 Å². The Morgan fingerprint density at radius 1 is 1.32 bits per heavy atom. The maximum atomic E-state index is 12.5. The van der Waals surface area contributed by atoms with Gasteiger partial charge in [-0.25, -0.2) is 0 Å². The van der Waals surface area contributed by atoms with Crippen molar-refractivity contribution in [2.45, 2.75) is 13.5 Å².